The van der Waals surface area contributed by atoms with Crippen molar-refractivity contribution in [3.05, 3.63) is 18.2 Å². The molecule has 1 aliphatic rings. The Morgan fingerprint density at radius 3 is 2.68 bits per heavy atom. The van der Waals surface area contributed by atoms with E-state index < -0.39 is 0 Å². The van der Waals surface area contributed by atoms with Crippen molar-refractivity contribution in [2.45, 2.75) is 38.5 Å². The molecule has 0 aromatic heterocycles. The highest BCUT2D eigenvalue weighted by Crippen LogP contribution is 2.34. The van der Waals surface area contributed by atoms with Gasteiger partial charge in [0.15, 0.2) is 0 Å². The molecule has 2 rings (SSSR count). The quantitative estimate of drug-likeness (QED) is 0.859. The maximum absolute atomic E-state index is 5.68. The molecule has 19 heavy (non-hydrogen) atoms. The summed E-state index contributed by atoms with van der Waals surface area (Å²) in [4.78, 5) is 0. The van der Waals surface area contributed by atoms with Crippen molar-refractivity contribution >= 4 is 17.4 Å². The Labute approximate surface area is 120 Å². The Hall–Kier alpha value is -1.03. The van der Waals surface area contributed by atoms with E-state index in [0.717, 1.165) is 28.2 Å². The highest BCUT2D eigenvalue weighted by atomic mass is 32.2. The zero-order valence-electron chi connectivity index (χ0n) is 11.9. The van der Waals surface area contributed by atoms with Crippen LogP contribution in [0.3, 0.4) is 0 Å². The molecule has 1 heterocycles. The number of nitrogens with one attached hydrogen (secondary N) is 1. The number of benzene rings is 1. The van der Waals surface area contributed by atoms with Crippen molar-refractivity contribution in [3.8, 4) is 11.5 Å². The second-order valence-corrected chi connectivity index (χ2v) is 6.22. The Kier molecular flexibility index (Phi) is 5.25. The van der Waals surface area contributed by atoms with Gasteiger partial charge in [-0.1, -0.05) is 6.92 Å². The Morgan fingerprint density at radius 2 is 2.05 bits per heavy atom. The first kappa shape index (κ1) is 14.4. The third kappa shape index (κ3) is 3.96. The lowest BCUT2D eigenvalue weighted by atomic mass is 10.1. The van der Waals surface area contributed by atoms with E-state index in [9.17, 15) is 0 Å². The maximum atomic E-state index is 5.68. The van der Waals surface area contributed by atoms with Crippen LogP contribution in [0.2, 0.25) is 0 Å². The smallest absolute Gasteiger partial charge is 0.142 e. The largest absolute Gasteiger partial charge is 0.494 e. The van der Waals surface area contributed by atoms with Crippen molar-refractivity contribution in [2.75, 3.05) is 24.3 Å². The van der Waals surface area contributed by atoms with E-state index in [1.54, 1.807) is 0 Å². The summed E-state index contributed by atoms with van der Waals surface area (Å²) in [6.07, 6.45) is 1.20. The van der Waals surface area contributed by atoms with E-state index in [1.807, 2.05) is 43.8 Å². The first-order chi connectivity index (χ1) is 9.22. The number of rotatable bonds is 6. The molecule has 1 aliphatic heterocycles. The van der Waals surface area contributed by atoms with Crippen LogP contribution in [-0.4, -0.2) is 30.3 Å². The van der Waals surface area contributed by atoms with E-state index in [-0.39, 0.29) is 0 Å². The lowest BCUT2D eigenvalue weighted by Crippen LogP contribution is -2.19. The summed E-state index contributed by atoms with van der Waals surface area (Å²) in [5.74, 6) is 2.97. The summed E-state index contributed by atoms with van der Waals surface area (Å²) >= 11 is 2.02. The monoisotopic (exact) mass is 281 g/mol. The fourth-order valence-electron chi connectivity index (χ4n) is 2.30. The topological polar surface area (TPSA) is 30.5 Å². The lowest BCUT2D eigenvalue weighted by molar-refractivity contribution is 0.331. The maximum Gasteiger partial charge on any atom is 0.142 e. The minimum absolute atomic E-state index is 0.524. The van der Waals surface area contributed by atoms with Crippen molar-refractivity contribution in [2.24, 2.45) is 0 Å². The number of hydrogen-bond donors (Lipinski definition) is 1. The molecule has 0 aliphatic carbocycles. The summed E-state index contributed by atoms with van der Waals surface area (Å²) in [5.41, 5.74) is 1.05. The van der Waals surface area contributed by atoms with Gasteiger partial charge < -0.3 is 14.8 Å². The molecule has 1 saturated heterocycles. The molecular formula is C15H23NO2S. The Morgan fingerprint density at radius 1 is 1.26 bits per heavy atom. The second kappa shape index (κ2) is 6.94. The van der Waals surface area contributed by atoms with Crippen LogP contribution in [0.15, 0.2) is 18.2 Å². The van der Waals surface area contributed by atoms with E-state index in [1.165, 1.54) is 6.42 Å². The van der Waals surface area contributed by atoms with Crippen LogP contribution < -0.4 is 14.8 Å². The van der Waals surface area contributed by atoms with Gasteiger partial charge in [0.05, 0.1) is 18.9 Å². The van der Waals surface area contributed by atoms with Gasteiger partial charge in [-0.05, 0) is 32.4 Å². The molecule has 0 saturated carbocycles. The molecule has 106 valence electrons. The zero-order chi connectivity index (χ0) is 13.7. The van der Waals surface area contributed by atoms with Crippen molar-refractivity contribution in [1.82, 2.24) is 0 Å². The molecule has 1 N–H and O–H groups in total. The van der Waals surface area contributed by atoms with Gasteiger partial charge in [0.1, 0.15) is 11.5 Å². The van der Waals surface area contributed by atoms with Crippen molar-refractivity contribution in [3.63, 3.8) is 0 Å². The van der Waals surface area contributed by atoms with Gasteiger partial charge in [-0.2, -0.15) is 11.8 Å². The zero-order valence-corrected chi connectivity index (χ0v) is 12.8. The number of ether oxygens (including phenoxy) is 2. The predicted octanol–water partition coefficient (Wildman–Crippen LogP) is 3.79. The van der Waals surface area contributed by atoms with E-state index in [0.29, 0.717) is 19.3 Å². The predicted molar refractivity (Wildman–Crippen MR) is 82.7 cm³/mol. The second-order valence-electron chi connectivity index (χ2n) is 4.74. The van der Waals surface area contributed by atoms with E-state index >= 15 is 0 Å². The van der Waals surface area contributed by atoms with Crippen LogP contribution in [0.25, 0.3) is 0 Å². The van der Waals surface area contributed by atoms with Gasteiger partial charge in [0.25, 0.3) is 0 Å². The van der Waals surface area contributed by atoms with Gasteiger partial charge in [0, 0.05) is 23.1 Å². The van der Waals surface area contributed by atoms with Crippen LogP contribution in [0, 0.1) is 0 Å². The fraction of sp³-hybridized carbons (Fsp3) is 0.600. The molecular weight excluding hydrogens is 258 g/mol. The average Bonchev–Trinajstić information content (AvgIpc) is 2.79. The lowest BCUT2D eigenvalue weighted by Gasteiger charge is -2.18. The normalized spacial score (nSPS) is 22.3. The van der Waals surface area contributed by atoms with Crippen LogP contribution >= 0.6 is 11.8 Å². The van der Waals surface area contributed by atoms with Gasteiger partial charge in [0.2, 0.25) is 0 Å². The summed E-state index contributed by atoms with van der Waals surface area (Å²) in [6, 6.07) is 6.52. The number of hydrogen-bond acceptors (Lipinski definition) is 4. The van der Waals surface area contributed by atoms with Crippen LogP contribution in [0.1, 0.15) is 27.2 Å². The molecule has 3 nitrogen and oxygen atoms in total. The van der Waals surface area contributed by atoms with E-state index in [2.05, 4.69) is 12.2 Å². The van der Waals surface area contributed by atoms with E-state index in [4.69, 9.17) is 9.47 Å². The molecule has 1 aromatic carbocycles. The number of thioether (sulfide) groups is 1. The first-order valence-electron chi connectivity index (χ1n) is 7.00. The summed E-state index contributed by atoms with van der Waals surface area (Å²) in [5, 5.41) is 4.34. The summed E-state index contributed by atoms with van der Waals surface area (Å²) in [6.45, 7) is 7.65. The minimum Gasteiger partial charge on any atom is -0.494 e. The highest BCUT2D eigenvalue weighted by Gasteiger charge is 2.22. The molecule has 0 radical (unpaired) electrons. The van der Waals surface area contributed by atoms with Gasteiger partial charge in [-0.15, -0.1) is 0 Å². The van der Waals surface area contributed by atoms with Crippen LogP contribution in [-0.2, 0) is 0 Å². The standard InChI is InChI=1S/C15H23NO2S/c1-4-17-13-6-7-15(18-5-2)14(9-13)16-12-8-11(3)19-10-12/h6-7,9,11-12,16H,4-5,8,10H2,1-3H3. The molecule has 4 heteroatoms. The molecule has 1 fully saturated rings. The summed E-state index contributed by atoms with van der Waals surface area (Å²) < 4.78 is 11.2. The molecule has 2 unspecified atom stereocenters. The SMILES string of the molecule is CCOc1ccc(OCC)c(NC2CSC(C)C2)c1. The third-order valence-electron chi connectivity index (χ3n) is 3.12. The number of anilines is 1. The molecule has 0 amide bonds. The minimum atomic E-state index is 0.524. The molecule has 2 atom stereocenters. The molecule has 0 spiro atoms. The van der Waals surface area contributed by atoms with Gasteiger partial charge in [-0.25, -0.2) is 0 Å². The Balaban J connectivity index is 2.12. The van der Waals surface area contributed by atoms with Crippen molar-refractivity contribution in [1.29, 1.82) is 0 Å². The Bertz CT molecular complexity index is 411. The van der Waals surface area contributed by atoms with Gasteiger partial charge in [-0.3, -0.25) is 0 Å². The van der Waals surface area contributed by atoms with Crippen LogP contribution in [0.5, 0.6) is 11.5 Å². The third-order valence-corrected chi connectivity index (χ3v) is 4.48. The van der Waals surface area contributed by atoms with Gasteiger partial charge >= 0.3 is 0 Å². The fourth-order valence-corrected chi connectivity index (χ4v) is 3.45. The highest BCUT2D eigenvalue weighted by molar-refractivity contribution is 8.00. The molecule has 0 bridgehead atoms. The molecule has 1 aromatic rings. The van der Waals surface area contributed by atoms with Crippen molar-refractivity contribution < 1.29 is 9.47 Å². The average molecular weight is 281 g/mol. The first-order valence-corrected chi connectivity index (χ1v) is 8.05. The van der Waals surface area contributed by atoms with Crippen LogP contribution in [0.4, 0.5) is 5.69 Å². The summed E-state index contributed by atoms with van der Waals surface area (Å²) in [7, 11) is 0.